The highest BCUT2D eigenvalue weighted by atomic mass is 32.2. The highest BCUT2D eigenvalue weighted by Gasteiger charge is 2.31. The Morgan fingerprint density at radius 2 is 2.03 bits per heavy atom. The van der Waals surface area contributed by atoms with Crippen molar-refractivity contribution in [2.24, 2.45) is 0 Å². The number of phenolic OH excluding ortho intramolecular Hbond substituents is 1. The number of phenols is 1. The van der Waals surface area contributed by atoms with Crippen LogP contribution in [0.1, 0.15) is 22.1 Å². The molecule has 1 atom stereocenters. The SMILES string of the molecule is COc1ccc2nc(-n3nc(C)c4c3NC(=O)CSC4c3ccc(O)c(OC)c3)sc2c1. The molecule has 2 aromatic carbocycles. The number of carbonyl (C=O) groups is 1. The van der Waals surface area contributed by atoms with Crippen molar-refractivity contribution in [2.75, 3.05) is 25.3 Å². The summed E-state index contributed by atoms with van der Waals surface area (Å²) >= 11 is 2.99. The van der Waals surface area contributed by atoms with Gasteiger partial charge in [0.15, 0.2) is 11.5 Å². The standard InChI is InChI=1S/C22H20N4O4S2/c1-11-19-20(12-4-7-15(27)16(8-12)30-3)31-10-18(28)24-21(19)26(25-11)22-23-14-6-5-13(29-2)9-17(14)32-22/h4-9,20,27H,10H2,1-3H3,(H,24,28). The number of hydrogen-bond acceptors (Lipinski definition) is 8. The maximum absolute atomic E-state index is 12.6. The minimum Gasteiger partial charge on any atom is -0.504 e. The number of nitrogens with zero attached hydrogens (tertiary/aromatic N) is 3. The fourth-order valence-corrected chi connectivity index (χ4v) is 5.88. The van der Waals surface area contributed by atoms with E-state index in [0.717, 1.165) is 32.8 Å². The van der Waals surface area contributed by atoms with E-state index in [9.17, 15) is 9.90 Å². The normalized spacial score (nSPS) is 15.8. The zero-order chi connectivity index (χ0) is 22.4. The third kappa shape index (κ3) is 3.45. The van der Waals surface area contributed by atoms with Crippen LogP contribution in [-0.2, 0) is 4.79 Å². The number of thiazole rings is 1. The molecule has 8 nitrogen and oxygen atoms in total. The number of thioether (sulfide) groups is 1. The fraction of sp³-hybridized carbons (Fsp3) is 0.227. The van der Waals surface area contributed by atoms with Gasteiger partial charge in [-0.25, -0.2) is 4.98 Å². The van der Waals surface area contributed by atoms with Crippen LogP contribution < -0.4 is 14.8 Å². The van der Waals surface area contributed by atoms with Crippen molar-refractivity contribution in [2.45, 2.75) is 12.2 Å². The minimum absolute atomic E-state index is 0.0709. The summed E-state index contributed by atoms with van der Waals surface area (Å²) < 4.78 is 13.3. The summed E-state index contributed by atoms with van der Waals surface area (Å²) in [6.45, 7) is 1.92. The maximum Gasteiger partial charge on any atom is 0.235 e. The van der Waals surface area contributed by atoms with Crippen LogP contribution in [0.5, 0.6) is 17.2 Å². The number of benzene rings is 2. The predicted molar refractivity (Wildman–Crippen MR) is 126 cm³/mol. The van der Waals surface area contributed by atoms with Gasteiger partial charge in [0, 0.05) is 5.56 Å². The molecule has 2 N–H and O–H groups in total. The summed E-state index contributed by atoms with van der Waals surface area (Å²) in [5.41, 5.74) is 3.45. The van der Waals surface area contributed by atoms with Crippen LogP contribution in [0.15, 0.2) is 36.4 Å². The molecule has 0 fully saturated rings. The summed E-state index contributed by atoms with van der Waals surface area (Å²) in [6.07, 6.45) is 0. The molecule has 1 aliphatic rings. The van der Waals surface area contributed by atoms with Crippen molar-refractivity contribution in [1.29, 1.82) is 0 Å². The van der Waals surface area contributed by atoms with Crippen molar-refractivity contribution in [1.82, 2.24) is 14.8 Å². The Balaban J connectivity index is 1.66. The van der Waals surface area contributed by atoms with Crippen molar-refractivity contribution in [3.05, 3.63) is 53.2 Å². The Morgan fingerprint density at radius 1 is 1.19 bits per heavy atom. The molecule has 5 rings (SSSR count). The predicted octanol–water partition coefficient (Wildman–Crippen LogP) is 4.29. The summed E-state index contributed by atoms with van der Waals surface area (Å²) in [6, 6.07) is 11.0. The van der Waals surface area contributed by atoms with Gasteiger partial charge in [-0.3, -0.25) is 4.79 Å². The van der Waals surface area contributed by atoms with E-state index in [1.807, 2.05) is 31.2 Å². The van der Waals surface area contributed by atoms with Crippen LogP contribution in [0.3, 0.4) is 0 Å². The first-order valence-electron chi connectivity index (χ1n) is 9.81. The van der Waals surface area contributed by atoms with Gasteiger partial charge in [-0.15, -0.1) is 11.8 Å². The monoisotopic (exact) mass is 468 g/mol. The molecule has 0 saturated carbocycles. The number of methoxy groups -OCH3 is 2. The molecule has 0 saturated heterocycles. The van der Waals surface area contributed by atoms with Crippen LogP contribution in [0.2, 0.25) is 0 Å². The number of hydrogen-bond donors (Lipinski definition) is 2. The van der Waals surface area contributed by atoms with E-state index in [0.29, 0.717) is 22.5 Å². The van der Waals surface area contributed by atoms with Gasteiger partial charge in [0.1, 0.15) is 11.6 Å². The number of aryl methyl sites for hydroxylation is 1. The van der Waals surface area contributed by atoms with Gasteiger partial charge in [-0.2, -0.15) is 9.78 Å². The maximum atomic E-state index is 12.6. The van der Waals surface area contributed by atoms with Crippen molar-refractivity contribution < 1.29 is 19.4 Å². The smallest absolute Gasteiger partial charge is 0.235 e. The van der Waals surface area contributed by atoms with Crippen LogP contribution in [-0.4, -0.2) is 45.8 Å². The molecule has 0 bridgehead atoms. The summed E-state index contributed by atoms with van der Waals surface area (Å²) in [5.74, 6) is 2.02. The van der Waals surface area contributed by atoms with Gasteiger partial charge in [-0.1, -0.05) is 17.4 Å². The van der Waals surface area contributed by atoms with Gasteiger partial charge >= 0.3 is 0 Å². The summed E-state index contributed by atoms with van der Waals surface area (Å²) in [5, 5.41) is 18.3. The average Bonchev–Trinajstić information content (AvgIpc) is 3.29. The first kappa shape index (κ1) is 20.7. The fourth-order valence-electron chi connectivity index (χ4n) is 3.75. The average molecular weight is 469 g/mol. The first-order chi connectivity index (χ1) is 15.5. The Labute approximate surface area is 192 Å². The first-order valence-corrected chi connectivity index (χ1v) is 11.7. The van der Waals surface area contributed by atoms with Crippen molar-refractivity contribution in [3.8, 4) is 22.4 Å². The second kappa shape index (κ2) is 8.03. The van der Waals surface area contributed by atoms with E-state index >= 15 is 0 Å². The molecule has 0 aliphatic carbocycles. The van der Waals surface area contributed by atoms with Crippen LogP contribution in [0.4, 0.5) is 5.82 Å². The molecule has 1 aliphatic heterocycles. The molecule has 1 unspecified atom stereocenters. The molecule has 164 valence electrons. The molecule has 1 amide bonds. The minimum atomic E-state index is -0.165. The van der Waals surface area contributed by atoms with Crippen LogP contribution in [0.25, 0.3) is 15.3 Å². The third-order valence-corrected chi connectivity index (χ3v) is 7.54. The van der Waals surface area contributed by atoms with Crippen molar-refractivity contribution in [3.63, 3.8) is 0 Å². The molecule has 0 radical (unpaired) electrons. The third-order valence-electron chi connectivity index (χ3n) is 5.28. The number of aromatic nitrogens is 3. The Bertz CT molecular complexity index is 1350. The van der Waals surface area contributed by atoms with E-state index < -0.39 is 0 Å². The van der Waals surface area contributed by atoms with E-state index in [-0.39, 0.29) is 16.9 Å². The van der Waals surface area contributed by atoms with E-state index in [1.165, 1.54) is 30.2 Å². The van der Waals surface area contributed by atoms with Gasteiger partial charge in [0.05, 0.1) is 41.1 Å². The molecular weight excluding hydrogens is 448 g/mol. The molecule has 3 heterocycles. The zero-order valence-electron chi connectivity index (χ0n) is 17.6. The topological polar surface area (TPSA) is 98.5 Å². The number of nitrogens with one attached hydrogen (secondary N) is 1. The van der Waals surface area contributed by atoms with E-state index in [1.54, 1.807) is 23.9 Å². The number of amides is 1. The highest BCUT2D eigenvalue weighted by molar-refractivity contribution is 8.00. The quantitative estimate of drug-likeness (QED) is 0.461. The number of ether oxygens (including phenoxy) is 2. The lowest BCUT2D eigenvalue weighted by Crippen LogP contribution is -2.15. The molecule has 10 heteroatoms. The Morgan fingerprint density at radius 3 is 2.81 bits per heavy atom. The Hall–Kier alpha value is -3.24. The van der Waals surface area contributed by atoms with Gasteiger partial charge in [0.25, 0.3) is 0 Å². The zero-order valence-corrected chi connectivity index (χ0v) is 19.2. The number of carbonyl (C=O) groups excluding carboxylic acids is 1. The molecule has 0 spiro atoms. The van der Waals surface area contributed by atoms with Crippen LogP contribution in [0, 0.1) is 6.92 Å². The second-order valence-electron chi connectivity index (χ2n) is 7.26. The van der Waals surface area contributed by atoms with Gasteiger partial charge in [0.2, 0.25) is 11.0 Å². The van der Waals surface area contributed by atoms with Crippen LogP contribution >= 0.6 is 23.1 Å². The number of fused-ring (bicyclic) bond motifs is 2. The lowest BCUT2D eigenvalue weighted by Gasteiger charge is -2.16. The highest BCUT2D eigenvalue weighted by Crippen LogP contribution is 2.46. The van der Waals surface area contributed by atoms with Gasteiger partial charge in [-0.05, 0) is 42.8 Å². The number of rotatable bonds is 4. The molecule has 4 aromatic rings. The molecular formula is C22H20N4O4S2. The largest absolute Gasteiger partial charge is 0.504 e. The number of anilines is 1. The van der Waals surface area contributed by atoms with Crippen molar-refractivity contribution >= 4 is 45.0 Å². The van der Waals surface area contributed by atoms with Gasteiger partial charge < -0.3 is 19.9 Å². The molecule has 32 heavy (non-hydrogen) atoms. The lowest BCUT2D eigenvalue weighted by atomic mass is 10.0. The molecule has 2 aromatic heterocycles. The lowest BCUT2D eigenvalue weighted by molar-refractivity contribution is -0.113. The second-order valence-corrected chi connectivity index (χ2v) is 9.36. The number of aromatic hydroxyl groups is 1. The van der Waals surface area contributed by atoms with E-state index in [2.05, 4.69) is 5.32 Å². The summed E-state index contributed by atoms with van der Waals surface area (Å²) in [4.78, 5) is 17.3. The van der Waals surface area contributed by atoms with E-state index in [4.69, 9.17) is 19.6 Å². The summed E-state index contributed by atoms with van der Waals surface area (Å²) in [7, 11) is 3.15. The Kier molecular flexibility index (Phi) is 5.18.